The van der Waals surface area contributed by atoms with Gasteiger partial charge >= 0.3 is 19.8 Å². The zero-order chi connectivity index (χ0) is 42.5. The van der Waals surface area contributed by atoms with Gasteiger partial charge < -0.3 is 20.1 Å². The van der Waals surface area contributed by atoms with Crippen LogP contribution in [-0.4, -0.2) is 49.3 Å². The number of ether oxygens (including phenoxy) is 2. The van der Waals surface area contributed by atoms with Crippen LogP contribution in [-0.2, 0) is 32.7 Å². The molecular weight excluding hydrogens is 750 g/mol. The topological polar surface area (TPSA) is 134 Å². The summed E-state index contributed by atoms with van der Waals surface area (Å²) in [5.41, 5.74) is 5.36. The highest BCUT2D eigenvalue weighted by Gasteiger charge is 2.26. The lowest BCUT2D eigenvalue weighted by Crippen LogP contribution is -2.29. The molecule has 0 aliphatic rings. The molecule has 0 radical (unpaired) electrons. The minimum absolute atomic E-state index is 0.0550. The minimum Gasteiger partial charge on any atom is -0.462 e. The van der Waals surface area contributed by atoms with Crippen molar-refractivity contribution >= 4 is 19.8 Å². The fourth-order valence-electron chi connectivity index (χ4n) is 7.22. The van der Waals surface area contributed by atoms with Gasteiger partial charge in [0.05, 0.1) is 13.2 Å². The van der Waals surface area contributed by atoms with Crippen LogP contribution in [0.4, 0.5) is 0 Å². The molecular formula is C48H94NO8P. The van der Waals surface area contributed by atoms with Crippen LogP contribution < -0.4 is 5.73 Å². The standard InChI is InChI=1S/C48H94NO8P/c1-3-5-7-9-11-13-15-17-19-20-21-22-23-24-25-27-28-30-32-34-36-38-40-47(50)54-44-46(45-56-58(52,53)55-43-42-49)57-48(51)41-39-37-35-33-31-29-26-18-16-14-12-10-8-6-4-2/h18,26,46H,3-17,19-25,27-45,49H2,1-2H3,(H,52,53)/b26-18+/t46-/m1/s1. The first-order chi connectivity index (χ1) is 28.3. The van der Waals surface area contributed by atoms with Gasteiger partial charge in [-0.2, -0.15) is 0 Å². The van der Waals surface area contributed by atoms with Gasteiger partial charge in [-0.05, 0) is 38.5 Å². The number of hydrogen-bond acceptors (Lipinski definition) is 8. The Labute approximate surface area is 358 Å². The van der Waals surface area contributed by atoms with E-state index in [0.29, 0.717) is 6.42 Å². The minimum atomic E-state index is -4.38. The van der Waals surface area contributed by atoms with Crippen LogP contribution in [0.1, 0.15) is 251 Å². The number of phosphoric acid groups is 1. The van der Waals surface area contributed by atoms with Gasteiger partial charge in [0.25, 0.3) is 0 Å². The quantitative estimate of drug-likeness (QED) is 0.0266. The number of hydrogen-bond donors (Lipinski definition) is 2. The molecule has 0 amide bonds. The third-order valence-electron chi connectivity index (χ3n) is 10.9. The fourth-order valence-corrected chi connectivity index (χ4v) is 7.99. The van der Waals surface area contributed by atoms with Crippen molar-refractivity contribution in [2.45, 2.75) is 258 Å². The van der Waals surface area contributed by atoms with E-state index in [1.807, 2.05) is 0 Å². The second-order valence-corrected chi connectivity index (χ2v) is 18.1. The molecule has 0 aliphatic heterocycles. The average molecular weight is 844 g/mol. The number of unbranched alkanes of at least 4 members (excludes halogenated alkanes) is 32. The van der Waals surface area contributed by atoms with Crippen molar-refractivity contribution in [3.05, 3.63) is 12.2 Å². The van der Waals surface area contributed by atoms with Gasteiger partial charge in [0.1, 0.15) is 6.61 Å². The number of phosphoric ester groups is 1. The van der Waals surface area contributed by atoms with Crippen LogP contribution in [0, 0.1) is 0 Å². The van der Waals surface area contributed by atoms with Crippen LogP contribution in [0.5, 0.6) is 0 Å². The van der Waals surface area contributed by atoms with E-state index in [-0.39, 0.29) is 38.6 Å². The molecule has 0 aliphatic carbocycles. The monoisotopic (exact) mass is 844 g/mol. The van der Waals surface area contributed by atoms with Gasteiger partial charge in [0.15, 0.2) is 6.10 Å². The number of allylic oxidation sites excluding steroid dienone is 2. The van der Waals surface area contributed by atoms with Crippen molar-refractivity contribution in [1.82, 2.24) is 0 Å². The summed E-state index contributed by atoms with van der Waals surface area (Å²) in [6.45, 7) is 3.76. The summed E-state index contributed by atoms with van der Waals surface area (Å²) in [5.74, 6) is -0.824. The molecule has 0 aromatic carbocycles. The smallest absolute Gasteiger partial charge is 0.462 e. The maximum absolute atomic E-state index is 12.6. The predicted molar refractivity (Wildman–Crippen MR) is 243 cm³/mol. The Morgan fingerprint density at radius 2 is 0.845 bits per heavy atom. The summed E-state index contributed by atoms with van der Waals surface area (Å²) in [4.78, 5) is 35.0. The molecule has 9 nitrogen and oxygen atoms in total. The summed E-state index contributed by atoms with van der Waals surface area (Å²) >= 11 is 0. The van der Waals surface area contributed by atoms with E-state index in [0.717, 1.165) is 51.4 Å². The molecule has 1 unspecified atom stereocenters. The maximum atomic E-state index is 12.6. The van der Waals surface area contributed by atoms with E-state index in [9.17, 15) is 19.0 Å². The van der Waals surface area contributed by atoms with Gasteiger partial charge in [-0.1, -0.05) is 212 Å². The maximum Gasteiger partial charge on any atom is 0.472 e. The van der Waals surface area contributed by atoms with Gasteiger partial charge in [-0.3, -0.25) is 18.6 Å². The molecule has 0 fully saturated rings. The Hall–Kier alpha value is -1.25. The molecule has 3 N–H and O–H groups in total. The first kappa shape index (κ1) is 56.8. The van der Waals surface area contributed by atoms with Crippen molar-refractivity contribution in [3.63, 3.8) is 0 Å². The third-order valence-corrected chi connectivity index (χ3v) is 11.9. The molecule has 0 bridgehead atoms. The largest absolute Gasteiger partial charge is 0.472 e. The SMILES string of the molecule is CCCCCCCC/C=C/CCCCCCCC(=O)O[C@H](COC(=O)CCCCCCCCCCCCCCCCCCCCCCCC)COP(=O)(O)OCCN. The molecule has 0 rings (SSSR count). The van der Waals surface area contributed by atoms with E-state index in [1.165, 1.54) is 167 Å². The third kappa shape index (κ3) is 44.3. The highest BCUT2D eigenvalue weighted by molar-refractivity contribution is 7.47. The molecule has 344 valence electrons. The summed E-state index contributed by atoms with van der Waals surface area (Å²) in [7, 11) is -4.38. The van der Waals surface area contributed by atoms with E-state index < -0.39 is 26.5 Å². The second-order valence-electron chi connectivity index (χ2n) is 16.7. The molecule has 0 aromatic heterocycles. The highest BCUT2D eigenvalue weighted by atomic mass is 31.2. The van der Waals surface area contributed by atoms with Crippen LogP contribution in [0.25, 0.3) is 0 Å². The second kappa shape index (κ2) is 45.3. The molecule has 0 saturated carbocycles. The van der Waals surface area contributed by atoms with Crippen molar-refractivity contribution < 1.29 is 37.6 Å². The lowest BCUT2D eigenvalue weighted by Gasteiger charge is -2.19. The Morgan fingerprint density at radius 3 is 1.22 bits per heavy atom. The highest BCUT2D eigenvalue weighted by Crippen LogP contribution is 2.43. The summed E-state index contributed by atoms with van der Waals surface area (Å²) in [6.07, 6.45) is 48.2. The normalized spacial score (nSPS) is 13.2. The Bertz CT molecular complexity index is 964. The van der Waals surface area contributed by atoms with Crippen molar-refractivity contribution in [3.8, 4) is 0 Å². The molecule has 0 aromatic rings. The van der Waals surface area contributed by atoms with Gasteiger partial charge in [0.2, 0.25) is 0 Å². The van der Waals surface area contributed by atoms with Crippen molar-refractivity contribution in [1.29, 1.82) is 0 Å². The lowest BCUT2D eigenvalue weighted by atomic mass is 10.0. The zero-order valence-electron chi connectivity index (χ0n) is 38.1. The van der Waals surface area contributed by atoms with E-state index >= 15 is 0 Å². The Morgan fingerprint density at radius 1 is 0.500 bits per heavy atom. The molecule has 0 heterocycles. The molecule has 58 heavy (non-hydrogen) atoms. The molecule has 0 saturated heterocycles. The van der Waals surface area contributed by atoms with Crippen LogP contribution in [0.15, 0.2) is 12.2 Å². The number of carbonyl (C=O) groups excluding carboxylic acids is 2. The van der Waals surface area contributed by atoms with E-state index in [2.05, 4.69) is 26.0 Å². The first-order valence-corrected chi connectivity index (χ1v) is 26.2. The van der Waals surface area contributed by atoms with Crippen LogP contribution >= 0.6 is 7.82 Å². The van der Waals surface area contributed by atoms with Crippen LogP contribution in [0.3, 0.4) is 0 Å². The average Bonchev–Trinajstić information content (AvgIpc) is 3.21. The number of nitrogens with two attached hydrogens (primary N) is 1. The summed E-state index contributed by atoms with van der Waals surface area (Å²) < 4.78 is 32.9. The van der Waals surface area contributed by atoms with E-state index in [1.54, 1.807) is 0 Å². The zero-order valence-corrected chi connectivity index (χ0v) is 38.9. The number of rotatable bonds is 47. The molecule has 10 heteroatoms. The summed E-state index contributed by atoms with van der Waals surface area (Å²) in [6, 6.07) is 0. The Kier molecular flexibility index (Phi) is 44.3. The Balaban J connectivity index is 4.00. The number of carbonyl (C=O) groups is 2. The predicted octanol–water partition coefficient (Wildman–Crippen LogP) is 14.6. The van der Waals surface area contributed by atoms with Crippen molar-refractivity contribution in [2.24, 2.45) is 5.73 Å². The first-order valence-electron chi connectivity index (χ1n) is 24.7. The molecule has 0 spiro atoms. The van der Waals surface area contributed by atoms with Crippen LogP contribution in [0.2, 0.25) is 0 Å². The van der Waals surface area contributed by atoms with Gasteiger partial charge in [-0.25, -0.2) is 4.57 Å². The summed E-state index contributed by atoms with van der Waals surface area (Å²) in [5, 5.41) is 0. The van der Waals surface area contributed by atoms with Crippen molar-refractivity contribution in [2.75, 3.05) is 26.4 Å². The number of esters is 2. The molecule has 2 atom stereocenters. The van der Waals surface area contributed by atoms with Gasteiger partial charge in [-0.15, -0.1) is 0 Å². The lowest BCUT2D eigenvalue weighted by molar-refractivity contribution is -0.161. The fraction of sp³-hybridized carbons (Fsp3) is 0.917. The van der Waals surface area contributed by atoms with Gasteiger partial charge in [0, 0.05) is 19.4 Å². The van der Waals surface area contributed by atoms with E-state index in [4.69, 9.17) is 24.3 Å².